The maximum atomic E-state index is 12.5. The van der Waals surface area contributed by atoms with E-state index in [1.54, 1.807) is 26.2 Å². The largest absolute Gasteiger partial charge is 0.497 e. The number of nitrogens with one attached hydrogen (secondary N) is 2. The summed E-state index contributed by atoms with van der Waals surface area (Å²) in [6.07, 6.45) is 3.52. The van der Waals surface area contributed by atoms with Crippen LogP contribution in [0.4, 0.5) is 10.5 Å². The van der Waals surface area contributed by atoms with Crippen molar-refractivity contribution in [2.45, 2.75) is 44.4 Å². The number of piperidine rings is 1. The van der Waals surface area contributed by atoms with Crippen LogP contribution in [-0.4, -0.2) is 66.5 Å². The number of carboxylic acids is 2. The Hall–Kier alpha value is -4.31. The highest BCUT2D eigenvalue weighted by Gasteiger charge is 2.48. The van der Waals surface area contributed by atoms with E-state index in [2.05, 4.69) is 27.7 Å². The van der Waals surface area contributed by atoms with Crippen molar-refractivity contribution in [2.75, 3.05) is 38.7 Å². The molecular formula is C31H37N3O7. The lowest BCUT2D eigenvalue weighted by molar-refractivity contribution is -0.144. The highest BCUT2D eigenvalue weighted by atomic mass is 16.5. The van der Waals surface area contributed by atoms with Crippen molar-refractivity contribution >= 4 is 23.7 Å². The van der Waals surface area contributed by atoms with E-state index in [9.17, 15) is 24.6 Å². The standard InChI is InChI=1S/C31H37N3O7/c1-20-19-31(29(37)38,27(28(35)36)21(2)32-20)24-8-5-9-25(18-24)33-30(39)41-16-6-13-34-14-11-22(12-15-34)23-7-4-10-26(17-23)40-3/h4-5,7-10,17-19,22,32H,6,11-16H2,1-3H3,(H,33,39)(H,35,36)(H,37,38). The number of carboxylic acid groups (broad SMARTS) is 2. The van der Waals surface area contributed by atoms with Gasteiger partial charge in [0.1, 0.15) is 11.2 Å². The topological polar surface area (TPSA) is 137 Å². The monoisotopic (exact) mass is 563 g/mol. The molecule has 2 aliphatic rings. The Morgan fingerprint density at radius 1 is 1.07 bits per heavy atom. The van der Waals surface area contributed by atoms with Crippen LogP contribution in [0.1, 0.15) is 50.2 Å². The van der Waals surface area contributed by atoms with Crippen LogP contribution in [0.3, 0.4) is 0 Å². The van der Waals surface area contributed by atoms with Crippen LogP contribution < -0.4 is 15.4 Å². The molecule has 2 heterocycles. The summed E-state index contributed by atoms with van der Waals surface area (Å²) in [4.78, 5) is 39.5. The zero-order chi connectivity index (χ0) is 29.6. The van der Waals surface area contributed by atoms with Crippen LogP contribution >= 0.6 is 0 Å². The van der Waals surface area contributed by atoms with E-state index in [4.69, 9.17) is 9.47 Å². The van der Waals surface area contributed by atoms with E-state index >= 15 is 0 Å². The highest BCUT2D eigenvalue weighted by Crippen LogP contribution is 2.40. The van der Waals surface area contributed by atoms with Crippen molar-refractivity contribution in [3.63, 3.8) is 0 Å². The van der Waals surface area contributed by atoms with Gasteiger partial charge < -0.3 is 29.9 Å². The second-order valence-corrected chi connectivity index (χ2v) is 10.5. The highest BCUT2D eigenvalue weighted by molar-refractivity contribution is 6.03. The van der Waals surface area contributed by atoms with Crippen molar-refractivity contribution in [1.82, 2.24) is 10.2 Å². The molecule has 2 aromatic carbocycles. The number of ether oxygens (including phenoxy) is 2. The number of aliphatic carboxylic acids is 2. The van der Waals surface area contributed by atoms with Gasteiger partial charge in [-0.2, -0.15) is 0 Å². The van der Waals surface area contributed by atoms with Gasteiger partial charge in [-0.3, -0.25) is 10.1 Å². The van der Waals surface area contributed by atoms with E-state index in [1.807, 2.05) is 12.1 Å². The van der Waals surface area contributed by atoms with Crippen LogP contribution in [-0.2, 0) is 19.7 Å². The molecule has 0 spiro atoms. The second-order valence-electron chi connectivity index (χ2n) is 10.5. The third kappa shape index (κ3) is 6.71. The summed E-state index contributed by atoms with van der Waals surface area (Å²) in [5, 5.41) is 25.6. The Balaban J connectivity index is 1.30. The number of anilines is 1. The summed E-state index contributed by atoms with van der Waals surface area (Å²) in [5.41, 5.74) is 0.353. The summed E-state index contributed by atoms with van der Waals surface area (Å²) < 4.78 is 10.7. The lowest BCUT2D eigenvalue weighted by Gasteiger charge is -2.33. The Morgan fingerprint density at radius 3 is 2.49 bits per heavy atom. The third-order valence-corrected chi connectivity index (χ3v) is 7.71. The maximum absolute atomic E-state index is 12.5. The molecule has 1 amide bonds. The molecule has 0 aliphatic carbocycles. The number of carbonyl (C=O) groups excluding carboxylic acids is 1. The molecule has 218 valence electrons. The number of allylic oxidation sites excluding steroid dienone is 2. The smallest absolute Gasteiger partial charge is 0.411 e. The van der Waals surface area contributed by atoms with Gasteiger partial charge in [-0.1, -0.05) is 24.3 Å². The van der Waals surface area contributed by atoms with Crippen LogP contribution in [0.15, 0.2) is 71.6 Å². The molecule has 0 aromatic heterocycles. The van der Waals surface area contributed by atoms with Crippen molar-refractivity contribution in [3.8, 4) is 5.75 Å². The normalized spacial score (nSPS) is 19.6. The average Bonchev–Trinajstić information content (AvgIpc) is 2.95. The Morgan fingerprint density at radius 2 is 1.80 bits per heavy atom. The minimum absolute atomic E-state index is 0.206. The van der Waals surface area contributed by atoms with E-state index in [0.717, 1.165) is 38.2 Å². The predicted octanol–water partition coefficient (Wildman–Crippen LogP) is 4.70. The molecule has 1 unspecified atom stereocenters. The van der Waals surface area contributed by atoms with Crippen LogP contribution in [0.2, 0.25) is 0 Å². The van der Waals surface area contributed by atoms with E-state index < -0.39 is 23.4 Å². The van der Waals surface area contributed by atoms with E-state index in [-0.39, 0.29) is 23.4 Å². The van der Waals surface area contributed by atoms with Crippen LogP contribution in [0.25, 0.3) is 0 Å². The fourth-order valence-corrected chi connectivity index (χ4v) is 5.77. The van der Waals surface area contributed by atoms with Crippen molar-refractivity contribution in [2.24, 2.45) is 0 Å². The first kappa shape index (κ1) is 29.7. The zero-order valence-corrected chi connectivity index (χ0v) is 23.6. The number of hydrogen-bond donors (Lipinski definition) is 4. The number of dihydropyridines is 1. The van der Waals surface area contributed by atoms with Gasteiger partial charge in [0.05, 0.1) is 19.3 Å². The molecule has 0 radical (unpaired) electrons. The molecule has 0 saturated carbocycles. The molecule has 2 aromatic rings. The summed E-state index contributed by atoms with van der Waals surface area (Å²) in [7, 11) is 1.68. The van der Waals surface area contributed by atoms with Gasteiger partial charge in [0.15, 0.2) is 0 Å². The third-order valence-electron chi connectivity index (χ3n) is 7.71. The van der Waals surface area contributed by atoms with Gasteiger partial charge in [-0.05, 0) is 93.6 Å². The fourth-order valence-electron chi connectivity index (χ4n) is 5.77. The zero-order valence-electron chi connectivity index (χ0n) is 23.6. The van der Waals surface area contributed by atoms with Gasteiger partial charge >= 0.3 is 18.0 Å². The average molecular weight is 564 g/mol. The number of methoxy groups -OCH3 is 1. The molecule has 10 heteroatoms. The molecule has 10 nitrogen and oxygen atoms in total. The number of rotatable bonds is 10. The number of carbonyl (C=O) groups is 3. The lowest BCUT2D eigenvalue weighted by atomic mass is 9.71. The van der Waals surface area contributed by atoms with E-state index in [1.165, 1.54) is 30.7 Å². The molecule has 2 aliphatic heterocycles. The van der Waals surface area contributed by atoms with Crippen LogP contribution in [0.5, 0.6) is 5.75 Å². The first-order valence-corrected chi connectivity index (χ1v) is 13.7. The molecule has 1 saturated heterocycles. The number of likely N-dealkylation sites (tertiary alicyclic amines) is 1. The van der Waals surface area contributed by atoms with Crippen LogP contribution in [0, 0.1) is 0 Å². The SMILES string of the molecule is COc1cccc(C2CCN(CCCOC(=O)Nc3cccc(C4(C(=O)O)C=C(C)NC(C)=C4C(=O)O)c3)CC2)c1. The number of nitrogens with zero attached hydrogens (tertiary/aromatic N) is 1. The van der Waals surface area contributed by atoms with Gasteiger partial charge in [-0.25, -0.2) is 9.59 Å². The predicted molar refractivity (Wildman–Crippen MR) is 154 cm³/mol. The fraction of sp³-hybridized carbons (Fsp3) is 0.387. The summed E-state index contributed by atoms with van der Waals surface area (Å²) >= 11 is 0. The minimum atomic E-state index is -1.92. The lowest BCUT2D eigenvalue weighted by Crippen LogP contribution is -2.44. The summed E-state index contributed by atoms with van der Waals surface area (Å²) in [6, 6.07) is 14.4. The number of hydrogen-bond acceptors (Lipinski definition) is 7. The van der Waals surface area contributed by atoms with Crippen molar-refractivity contribution in [3.05, 3.63) is 82.7 Å². The Kier molecular flexibility index (Phi) is 9.34. The van der Waals surface area contributed by atoms with Gasteiger partial charge in [0.2, 0.25) is 0 Å². The Bertz CT molecular complexity index is 1360. The number of benzene rings is 2. The molecule has 1 fully saturated rings. The molecule has 4 rings (SSSR count). The minimum Gasteiger partial charge on any atom is -0.497 e. The first-order valence-electron chi connectivity index (χ1n) is 13.7. The summed E-state index contributed by atoms with van der Waals surface area (Å²) in [5.74, 6) is -1.29. The first-order chi connectivity index (χ1) is 19.6. The van der Waals surface area contributed by atoms with Crippen molar-refractivity contribution < 1.29 is 34.1 Å². The quantitative estimate of drug-likeness (QED) is 0.303. The van der Waals surface area contributed by atoms with E-state index in [0.29, 0.717) is 23.7 Å². The number of amides is 1. The molecule has 41 heavy (non-hydrogen) atoms. The second kappa shape index (κ2) is 12.9. The van der Waals surface area contributed by atoms with Gasteiger partial charge in [0, 0.05) is 23.6 Å². The molecule has 0 bridgehead atoms. The van der Waals surface area contributed by atoms with Gasteiger partial charge in [-0.15, -0.1) is 0 Å². The Labute approximate surface area is 239 Å². The van der Waals surface area contributed by atoms with Gasteiger partial charge in [0.25, 0.3) is 0 Å². The van der Waals surface area contributed by atoms with Crippen molar-refractivity contribution in [1.29, 1.82) is 0 Å². The summed E-state index contributed by atoms with van der Waals surface area (Å²) in [6.45, 7) is 6.20. The molecule has 4 N–H and O–H groups in total. The molecule has 1 atom stereocenters. The molecular weight excluding hydrogens is 526 g/mol. The maximum Gasteiger partial charge on any atom is 0.411 e.